The van der Waals surface area contributed by atoms with Crippen LogP contribution < -0.4 is 0 Å². The first-order valence-electron chi connectivity index (χ1n) is 18.4. The van der Waals surface area contributed by atoms with E-state index in [4.69, 9.17) is 4.42 Å². The van der Waals surface area contributed by atoms with Crippen molar-refractivity contribution in [2.45, 2.75) is 27.2 Å². The summed E-state index contributed by atoms with van der Waals surface area (Å²) >= 11 is 0. The Kier molecular flexibility index (Phi) is 8.05. The van der Waals surface area contributed by atoms with Gasteiger partial charge < -0.3 is 13.6 Å². The Labute approximate surface area is 309 Å². The molecule has 3 aromatic heterocycles. The van der Waals surface area contributed by atoms with Gasteiger partial charge in [-0.05, 0) is 109 Å². The lowest BCUT2D eigenvalue weighted by Gasteiger charge is -2.09. The van der Waals surface area contributed by atoms with E-state index in [2.05, 4.69) is 188 Å². The van der Waals surface area contributed by atoms with Crippen LogP contribution in [0.2, 0.25) is 0 Å². The van der Waals surface area contributed by atoms with E-state index in [9.17, 15) is 0 Å². The van der Waals surface area contributed by atoms with Crippen molar-refractivity contribution in [3.63, 3.8) is 0 Å². The molecule has 3 heterocycles. The number of nitrogens with zero attached hydrogens (tertiary/aromatic N) is 2. The van der Waals surface area contributed by atoms with Gasteiger partial charge in [0.1, 0.15) is 11.3 Å². The highest BCUT2D eigenvalue weighted by Gasteiger charge is 2.17. The first-order valence-corrected chi connectivity index (χ1v) is 18.4. The molecule has 0 aliphatic rings. The van der Waals surface area contributed by atoms with Crippen molar-refractivity contribution in [3.8, 4) is 16.8 Å². The fourth-order valence-electron chi connectivity index (χ4n) is 8.04. The number of aromatic nitrogens is 2. The lowest BCUT2D eigenvalue weighted by atomic mass is 9.97. The second kappa shape index (κ2) is 13.2. The number of hydrogen-bond acceptors (Lipinski definition) is 1. The summed E-state index contributed by atoms with van der Waals surface area (Å²) in [4.78, 5) is 0. The fraction of sp³-hybridized carbons (Fsp3) is 0.0800. The minimum atomic E-state index is 0.810. The summed E-state index contributed by atoms with van der Waals surface area (Å²) in [5, 5.41) is 6.10. The van der Waals surface area contributed by atoms with E-state index in [1.165, 1.54) is 71.6 Å². The van der Waals surface area contributed by atoms with Crippen LogP contribution in [0.1, 0.15) is 37.7 Å². The summed E-state index contributed by atoms with van der Waals surface area (Å²) in [6.45, 7) is 10.3. The zero-order valence-corrected chi connectivity index (χ0v) is 30.3. The number of fused-ring (bicyclic) bond motifs is 7. The number of para-hydroxylation sites is 3. The summed E-state index contributed by atoms with van der Waals surface area (Å²) < 4.78 is 11.2. The molecular formula is C50H40N2O. The molecule has 6 aromatic carbocycles. The molecule has 256 valence electrons. The van der Waals surface area contributed by atoms with Gasteiger partial charge in [0.25, 0.3) is 0 Å². The highest BCUT2D eigenvalue weighted by atomic mass is 16.3. The van der Waals surface area contributed by atoms with E-state index in [0.29, 0.717) is 0 Å². The van der Waals surface area contributed by atoms with Crippen molar-refractivity contribution >= 4 is 71.9 Å². The van der Waals surface area contributed by atoms with Gasteiger partial charge in [0.2, 0.25) is 0 Å². The average molecular weight is 685 g/mol. The third-order valence-corrected chi connectivity index (χ3v) is 10.6. The lowest BCUT2D eigenvalue weighted by molar-refractivity contribution is 0.556. The van der Waals surface area contributed by atoms with Gasteiger partial charge in [-0.3, -0.25) is 0 Å². The first kappa shape index (κ1) is 32.3. The van der Waals surface area contributed by atoms with Gasteiger partial charge >= 0.3 is 0 Å². The number of allylic oxidation sites excluding steroid dienone is 6. The number of rotatable bonds is 8. The predicted octanol–water partition coefficient (Wildman–Crippen LogP) is 14.0. The van der Waals surface area contributed by atoms with E-state index in [-0.39, 0.29) is 0 Å². The third kappa shape index (κ3) is 5.36. The van der Waals surface area contributed by atoms with Gasteiger partial charge in [0, 0.05) is 50.3 Å². The Morgan fingerprint density at radius 1 is 0.660 bits per heavy atom. The van der Waals surface area contributed by atoms with E-state index in [0.717, 1.165) is 34.4 Å². The first-order chi connectivity index (χ1) is 26.1. The molecule has 0 bridgehead atoms. The molecule has 0 aliphatic carbocycles. The fourth-order valence-corrected chi connectivity index (χ4v) is 8.04. The van der Waals surface area contributed by atoms with Crippen LogP contribution >= 0.6 is 0 Å². The number of benzene rings is 6. The van der Waals surface area contributed by atoms with Gasteiger partial charge in [-0.1, -0.05) is 105 Å². The monoisotopic (exact) mass is 684 g/mol. The Bertz CT molecular complexity index is 2960. The van der Waals surface area contributed by atoms with Gasteiger partial charge in [0.05, 0.1) is 22.1 Å². The maximum Gasteiger partial charge on any atom is 0.134 e. The van der Waals surface area contributed by atoms with Crippen molar-refractivity contribution in [2.24, 2.45) is 0 Å². The number of furan rings is 1. The van der Waals surface area contributed by atoms with Gasteiger partial charge in [-0.15, -0.1) is 0 Å². The molecule has 3 nitrogen and oxygen atoms in total. The van der Waals surface area contributed by atoms with Crippen molar-refractivity contribution in [1.82, 2.24) is 9.13 Å². The average Bonchev–Trinajstić information content (AvgIpc) is 3.85. The topological polar surface area (TPSA) is 23.0 Å². The Balaban J connectivity index is 1.15. The standard InChI is InChI=1S/C50H40N2O/c1-5-8-16-37(6-2)51-45-21-14-12-19-39(45)41-30-34(23-26-47(41)51)33(4)29-43-44-32-36(25-28-50(44)53-49(43)7-3)35-24-27-48-42(31-35)40-20-13-15-22-46(40)52(48)38-17-10-9-11-18-38/h5-6,8-32H,1,7H2,2-4H3/b16-8-,33-29+,37-6+. The Morgan fingerprint density at radius 3 is 2.04 bits per heavy atom. The molecule has 0 spiro atoms. The SMILES string of the molecule is C=C/C=C\C(=C/C)n1c2ccccc2c2cc(/C(C)=C/c3c(CC)oc4ccc(-c5ccc6c(c5)c5ccccc5n6-c5ccccc5)cc34)ccc21. The zero-order valence-electron chi connectivity index (χ0n) is 30.3. The molecular weight excluding hydrogens is 645 g/mol. The predicted molar refractivity (Wildman–Crippen MR) is 228 cm³/mol. The quantitative estimate of drug-likeness (QED) is 0.146. The molecule has 0 saturated carbocycles. The summed E-state index contributed by atoms with van der Waals surface area (Å²) in [5.74, 6) is 1.00. The van der Waals surface area contributed by atoms with Crippen LogP contribution in [0.4, 0.5) is 0 Å². The van der Waals surface area contributed by atoms with Crippen LogP contribution in [0, 0.1) is 0 Å². The highest BCUT2D eigenvalue weighted by Crippen LogP contribution is 2.39. The van der Waals surface area contributed by atoms with E-state index >= 15 is 0 Å². The third-order valence-electron chi connectivity index (χ3n) is 10.6. The second-order valence-corrected chi connectivity index (χ2v) is 13.6. The molecule has 0 unspecified atom stereocenters. The van der Waals surface area contributed by atoms with Crippen LogP contribution in [-0.2, 0) is 6.42 Å². The van der Waals surface area contributed by atoms with Crippen molar-refractivity contribution in [3.05, 3.63) is 181 Å². The van der Waals surface area contributed by atoms with Crippen LogP contribution in [0.3, 0.4) is 0 Å². The largest absolute Gasteiger partial charge is 0.460 e. The van der Waals surface area contributed by atoms with Gasteiger partial charge in [0.15, 0.2) is 0 Å². The molecule has 3 heteroatoms. The lowest BCUT2D eigenvalue weighted by Crippen LogP contribution is -1.94. The summed E-state index contributed by atoms with van der Waals surface area (Å²) in [5.41, 5.74) is 13.9. The second-order valence-electron chi connectivity index (χ2n) is 13.6. The minimum Gasteiger partial charge on any atom is -0.460 e. The van der Waals surface area contributed by atoms with Crippen molar-refractivity contribution in [1.29, 1.82) is 0 Å². The smallest absolute Gasteiger partial charge is 0.134 e. The molecule has 0 saturated heterocycles. The van der Waals surface area contributed by atoms with Crippen LogP contribution in [0.15, 0.2) is 169 Å². The van der Waals surface area contributed by atoms with Crippen LogP contribution in [0.5, 0.6) is 0 Å². The Hall–Kier alpha value is -6.58. The maximum absolute atomic E-state index is 6.49. The Morgan fingerprint density at radius 2 is 1.28 bits per heavy atom. The molecule has 9 aromatic rings. The molecule has 0 atom stereocenters. The van der Waals surface area contributed by atoms with E-state index in [1.807, 2.05) is 12.2 Å². The number of hydrogen-bond donors (Lipinski definition) is 0. The molecule has 0 radical (unpaired) electrons. The number of aryl methyl sites for hydroxylation is 1. The minimum absolute atomic E-state index is 0.810. The molecule has 0 fully saturated rings. The maximum atomic E-state index is 6.49. The normalized spacial score (nSPS) is 12.7. The highest BCUT2D eigenvalue weighted by molar-refractivity contribution is 6.12. The molecule has 0 N–H and O–H groups in total. The van der Waals surface area contributed by atoms with Crippen molar-refractivity contribution in [2.75, 3.05) is 0 Å². The summed E-state index contributed by atoms with van der Waals surface area (Å²) in [7, 11) is 0. The van der Waals surface area contributed by atoms with Crippen LogP contribution in [0.25, 0.3) is 88.7 Å². The van der Waals surface area contributed by atoms with Gasteiger partial charge in [-0.25, -0.2) is 0 Å². The molecule has 0 aliphatic heterocycles. The zero-order chi connectivity index (χ0) is 36.1. The molecule has 9 rings (SSSR count). The van der Waals surface area contributed by atoms with E-state index in [1.54, 1.807) is 0 Å². The summed E-state index contributed by atoms with van der Waals surface area (Å²) in [6, 6.07) is 48.3. The molecule has 0 amide bonds. The van der Waals surface area contributed by atoms with Gasteiger partial charge in [-0.2, -0.15) is 0 Å². The van der Waals surface area contributed by atoms with Crippen molar-refractivity contribution < 1.29 is 4.42 Å². The van der Waals surface area contributed by atoms with E-state index < -0.39 is 0 Å². The van der Waals surface area contributed by atoms with Crippen LogP contribution in [-0.4, -0.2) is 9.13 Å². The summed E-state index contributed by atoms with van der Waals surface area (Å²) in [6.07, 6.45) is 11.2. The molecule has 53 heavy (non-hydrogen) atoms.